The van der Waals surface area contributed by atoms with Gasteiger partial charge < -0.3 is 19.6 Å². The monoisotopic (exact) mass is 417 g/mol. The van der Waals surface area contributed by atoms with Crippen molar-refractivity contribution in [3.05, 3.63) is 24.5 Å². The number of rotatable bonds is 6. The van der Waals surface area contributed by atoms with E-state index < -0.39 is 12.1 Å². The molecule has 3 rings (SSSR count). The molecular weight excluding hydrogens is 387 g/mol. The predicted octanol–water partition coefficient (Wildman–Crippen LogP) is 3.15. The number of alkyl halides is 3. The van der Waals surface area contributed by atoms with Gasteiger partial charge in [-0.1, -0.05) is 6.42 Å². The maximum Gasteiger partial charge on any atom is 0.490 e. The second kappa shape index (κ2) is 10.8. The number of aliphatic carboxylic acids is 1. The number of carboxylic acid groups (broad SMARTS) is 1. The van der Waals surface area contributed by atoms with Gasteiger partial charge in [-0.25, -0.2) is 4.79 Å². The van der Waals surface area contributed by atoms with Crippen LogP contribution in [0.25, 0.3) is 0 Å². The lowest BCUT2D eigenvalue weighted by atomic mass is 9.74. The molecule has 1 saturated heterocycles. The number of hydrogen-bond acceptors (Lipinski definition) is 5. The fourth-order valence-electron chi connectivity index (χ4n) is 4.31. The van der Waals surface area contributed by atoms with Gasteiger partial charge in [0, 0.05) is 39.5 Å². The summed E-state index contributed by atoms with van der Waals surface area (Å²) in [7, 11) is 4.02. The van der Waals surface area contributed by atoms with Crippen LogP contribution in [0, 0.1) is 17.8 Å². The summed E-state index contributed by atoms with van der Waals surface area (Å²) in [6, 6.07) is 4.25. The molecule has 2 fully saturated rings. The quantitative estimate of drug-likeness (QED) is 0.767. The smallest absolute Gasteiger partial charge is 0.475 e. The highest BCUT2D eigenvalue weighted by molar-refractivity contribution is 5.73. The fraction of sp³-hybridized carbons (Fsp3) is 0.700. The lowest BCUT2D eigenvalue weighted by Gasteiger charge is -2.35. The Morgan fingerprint density at radius 2 is 2.10 bits per heavy atom. The van der Waals surface area contributed by atoms with Crippen LogP contribution in [0.3, 0.4) is 0 Å². The molecule has 2 aliphatic rings. The zero-order valence-electron chi connectivity index (χ0n) is 16.9. The first-order chi connectivity index (χ1) is 13.7. The van der Waals surface area contributed by atoms with Crippen molar-refractivity contribution in [1.29, 1.82) is 0 Å². The van der Waals surface area contributed by atoms with Crippen molar-refractivity contribution >= 4 is 11.7 Å². The van der Waals surface area contributed by atoms with Crippen molar-refractivity contribution in [3.63, 3.8) is 0 Å². The maximum absolute atomic E-state index is 10.6. The van der Waals surface area contributed by atoms with Crippen LogP contribution in [-0.2, 0) is 9.53 Å². The Kier molecular flexibility index (Phi) is 8.70. The molecule has 1 aromatic rings. The van der Waals surface area contributed by atoms with Crippen LogP contribution in [0.1, 0.15) is 19.3 Å². The van der Waals surface area contributed by atoms with Gasteiger partial charge in [0.05, 0.1) is 18.5 Å². The number of aromatic nitrogens is 1. The zero-order chi connectivity index (χ0) is 21.4. The average Bonchev–Trinajstić information content (AvgIpc) is 3.12. The number of anilines is 1. The lowest BCUT2D eigenvalue weighted by Crippen LogP contribution is -2.37. The zero-order valence-corrected chi connectivity index (χ0v) is 16.9. The summed E-state index contributed by atoms with van der Waals surface area (Å²) in [5.74, 6) is -0.205. The van der Waals surface area contributed by atoms with E-state index in [-0.39, 0.29) is 0 Å². The van der Waals surface area contributed by atoms with Crippen LogP contribution >= 0.6 is 0 Å². The van der Waals surface area contributed by atoms with Gasteiger partial charge in [-0.3, -0.25) is 4.98 Å². The van der Waals surface area contributed by atoms with E-state index in [1.165, 1.54) is 44.6 Å². The second-order valence-electron chi connectivity index (χ2n) is 7.79. The van der Waals surface area contributed by atoms with Gasteiger partial charge in [0.2, 0.25) is 0 Å². The van der Waals surface area contributed by atoms with E-state index in [0.717, 1.165) is 30.9 Å². The largest absolute Gasteiger partial charge is 0.490 e. The number of carboxylic acids is 1. The van der Waals surface area contributed by atoms with Crippen LogP contribution in [-0.4, -0.2) is 74.1 Å². The van der Waals surface area contributed by atoms with Crippen LogP contribution in [0.4, 0.5) is 18.9 Å². The molecule has 6 nitrogen and oxygen atoms in total. The van der Waals surface area contributed by atoms with Crippen LogP contribution in [0.15, 0.2) is 24.5 Å². The molecule has 1 aromatic heterocycles. The number of fused-ring (bicyclic) bond motifs is 1. The van der Waals surface area contributed by atoms with Crippen molar-refractivity contribution in [3.8, 4) is 0 Å². The molecule has 0 bridgehead atoms. The van der Waals surface area contributed by atoms with Crippen LogP contribution in [0.2, 0.25) is 0 Å². The number of methoxy groups -OCH3 is 1. The Balaban J connectivity index is 0.000000370. The van der Waals surface area contributed by atoms with E-state index in [1.54, 1.807) is 7.11 Å². The number of nitrogens with zero attached hydrogens (tertiary/aromatic N) is 3. The van der Waals surface area contributed by atoms with E-state index in [0.29, 0.717) is 0 Å². The summed E-state index contributed by atoms with van der Waals surface area (Å²) in [6.07, 6.45) is 2.97. The van der Waals surface area contributed by atoms with E-state index in [1.807, 2.05) is 18.5 Å². The maximum atomic E-state index is 10.6. The van der Waals surface area contributed by atoms with Gasteiger partial charge in [0.25, 0.3) is 0 Å². The molecular formula is C20H30F3N3O3. The summed E-state index contributed by atoms with van der Waals surface area (Å²) in [5.41, 5.74) is 1.29. The van der Waals surface area contributed by atoms with Gasteiger partial charge in [-0.2, -0.15) is 13.2 Å². The van der Waals surface area contributed by atoms with Crippen molar-refractivity contribution < 1.29 is 27.8 Å². The molecule has 0 spiro atoms. The standard InChI is InChI=1S/C18H29N3O.C2HF3O2/c1-20(9-10-22-2)12-15-5-3-6-16-13-21(14-18(15)16)17-7-4-8-19-11-17;3-2(4,5)1(6)7/h4,7-8,11,15-16,18H,3,5-6,9-10,12-14H2,1-2H3;(H,6,7)/t15-,16+,18+;/m0./s1. The summed E-state index contributed by atoms with van der Waals surface area (Å²) < 4.78 is 36.9. The molecule has 164 valence electrons. The SMILES string of the molecule is COCCN(C)C[C@@H]1CCC[C@@H]2CN(c3cccnc3)C[C@@H]21.O=C(O)C(F)(F)F. The topological polar surface area (TPSA) is 65.9 Å². The van der Waals surface area contributed by atoms with E-state index >= 15 is 0 Å². The average molecular weight is 417 g/mol. The minimum atomic E-state index is -5.08. The second-order valence-corrected chi connectivity index (χ2v) is 7.79. The van der Waals surface area contributed by atoms with Crippen LogP contribution in [0.5, 0.6) is 0 Å². The Labute approximate surface area is 169 Å². The molecule has 1 saturated carbocycles. The fourth-order valence-corrected chi connectivity index (χ4v) is 4.31. The van der Waals surface area contributed by atoms with Crippen molar-refractivity contribution in [2.24, 2.45) is 17.8 Å². The molecule has 3 atom stereocenters. The Morgan fingerprint density at radius 3 is 2.69 bits per heavy atom. The highest BCUT2D eigenvalue weighted by Gasteiger charge is 2.40. The highest BCUT2D eigenvalue weighted by Crippen LogP contribution is 2.41. The molecule has 0 aromatic carbocycles. The molecule has 1 aliphatic carbocycles. The van der Waals surface area contributed by atoms with Crippen molar-refractivity contribution in [2.45, 2.75) is 25.4 Å². The minimum absolute atomic E-state index is 0.832. The number of pyridine rings is 1. The Bertz CT molecular complexity index is 630. The molecule has 29 heavy (non-hydrogen) atoms. The van der Waals surface area contributed by atoms with E-state index in [4.69, 9.17) is 14.6 Å². The molecule has 1 N–H and O–H groups in total. The Morgan fingerprint density at radius 1 is 1.38 bits per heavy atom. The lowest BCUT2D eigenvalue weighted by molar-refractivity contribution is -0.192. The van der Waals surface area contributed by atoms with Gasteiger partial charge in [-0.05, 0) is 49.8 Å². The van der Waals surface area contributed by atoms with Gasteiger partial charge in [0.1, 0.15) is 0 Å². The first-order valence-electron chi connectivity index (χ1n) is 9.85. The molecule has 2 heterocycles. The summed E-state index contributed by atoms with van der Waals surface area (Å²) in [5, 5.41) is 7.12. The number of halogens is 3. The summed E-state index contributed by atoms with van der Waals surface area (Å²) in [6.45, 7) is 5.51. The van der Waals surface area contributed by atoms with Gasteiger partial charge in [0.15, 0.2) is 0 Å². The highest BCUT2D eigenvalue weighted by atomic mass is 19.4. The number of ether oxygens (including phenoxy) is 1. The van der Waals surface area contributed by atoms with Gasteiger partial charge >= 0.3 is 12.1 Å². The third-order valence-corrected chi connectivity index (χ3v) is 5.72. The van der Waals surface area contributed by atoms with Gasteiger partial charge in [-0.15, -0.1) is 0 Å². The first kappa shape index (κ1) is 23.4. The molecule has 1 aliphatic heterocycles. The minimum Gasteiger partial charge on any atom is -0.475 e. The number of hydrogen-bond donors (Lipinski definition) is 1. The predicted molar refractivity (Wildman–Crippen MR) is 104 cm³/mol. The third kappa shape index (κ3) is 7.15. The third-order valence-electron chi connectivity index (χ3n) is 5.72. The summed E-state index contributed by atoms with van der Waals surface area (Å²) >= 11 is 0. The van der Waals surface area contributed by atoms with Crippen LogP contribution < -0.4 is 4.90 Å². The number of carbonyl (C=O) groups is 1. The first-order valence-corrected chi connectivity index (χ1v) is 9.85. The van der Waals surface area contributed by atoms with Crippen molar-refractivity contribution in [2.75, 3.05) is 51.8 Å². The molecule has 0 unspecified atom stereocenters. The molecule has 9 heteroatoms. The Hall–Kier alpha value is -1.87. The molecule has 0 amide bonds. The number of likely N-dealkylation sites (N-methyl/N-ethyl adjacent to an activating group) is 1. The summed E-state index contributed by atoms with van der Waals surface area (Å²) in [4.78, 5) is 18.2. The van der Waals surface area contributed by atoms with E-state index in [2.05, 4.69) is 27.9 Å². The van der Waals surface area contributed by atoms with Crippen molar-refractivity contribution in [1.82, 2.24) is 9.88 Å². The normalized spacial score (nSPS) is 24.1. The van der Waals surface area contributed by atoms with E-state index in [9.17, 15) is 13.2 Å². The molecule has 0 radical (unpaired) electrons.